The highest BCUT2D eigenvalue weighted by atomic mass is 16.4. The lowest BCUT2D eigenvalue weighted by Gasteiger charge is -2.04. The fourth-order valence-corrected chi connectivity index (χ4v) is 4.50. The van der Waals surface area contributed by atoms with Crippen molar-refractivity contribution in [2.24, 2.45) is 23.7 Å². The van der Waals surface area contributed by atoms with E-state index in [2.05, 4.69) is 22.4 Å². The Bertz CT molecular complexity index is 428. The van der Waals surface area contributed by atoms with Crippen LogP contribution in [0.25, 0.3) is 0 Å². The van der Waals surface area contributed by atoms with Gasteiger partial charge in [0.2, 0.25) is 11.8 Å². The Kier molecular flexibility index (Phi) is 2.47. The zero-order chi connectivity index (χ0) is 12.1. The van der Waals surface area contributed by atoms with Gasteiger partial charge in [0, 0.05) is 5.92 Å². The highest BCUT2D eigenvalue weighted by Crippen LogP contribution is 2.72. The van der Waals surface area contributed by atoms with Crippen molar-refractivity contribution in [2.45, 2.75) is 45.1 Å². The molecule has 98 valence electrons. The third-order valence-electron chi connectivity index (χ3n) is 5.21. The Morgan fingerprint density at radius 1 is 1.22 bits per heavy atom. The maximum Gasteiger partial charge on any atom is 0.230 e. The Balaban J connectivity index is 1.41. The SMILES string of the molecule is CCCNCc1nnc(C2C3C4CCC(C4)C23)o1. The van der Waals surface area contributed by atoms with Crippen LogP contribution in [0.2, 0.25) is 0 Å². The van der Waals surface area contributed by atoms with Gasteiger partial charge in [-0.3, -0.25) is 0 Å². The molecule has 0 aliphatic heterocycles. The second-order valence-corrected chi connectivity index (χ2v) is 6.22. The van der Waals surface area contributed by atoms with E-state index in [4.69, 9.17) is 4.42 Å². The zero-order valence-electron chi connectivity index (χ0n) is 10.9. The van der Waals surface area contributed by atoms with Gasteiger partial charge in [-0.05, 0) is 55.9 Å². The van der Waals surface area contributed by atoms with Gasteiger partial charge >= 0.3 is 0 Å². The van der Waals surface area contributed by atoms with Crippen LogP contribution in [0.3, 0.4) is 0 Å². The molecule has 0 aromatic carbocycles. The number of nitrogens with one attached hydrogen (secondary N) is 1. The largest absolute Gasteiger partial charge is 0.424 e. The molecule has 4 heteroatoms. The molecular weight excluding hydrogens is 226 g/mol. The lowest BCUT2D eigenvalue weighted by atomic mass is 10.0. The van der Waals surface area contributed by atoms with Crippen LogP contribution in [0, 0.1) is 23.7 Å². The van der Waals surface area contributed by atoms with E-state index < -0.39 is 0 Å². The minimum absolute atomic E-state index is 0.615. The first-order valence-electron chi connectivity index (χ1n) is 7.41. The molecule has 3 saturated carbocycles. The van der Waals surface area contributed by atoms with Crippen molar-refractivity contribution in [3.05, 3.63) is 11.8 Å². The molecule has 4 nitrogen and oxygen atoms in total. The van der Waals surface area contributed by atoms with Crippen LogP contribution in [0.5, 0.6) is 0 Å². The van der Waals surface area contributed by atoms with Gasteiger partial charge in [0.15, 0.2) is 0 Å². The molecule has 0 amide bonds. The van der Waals surface area contributed by atoms with Crippen molar-refractivity contribution in [2.75, 3.05) is 6.54 Å². The molecule has 3 fully saturated rings. The quantitative estimate of drug-likeness (QED) is 0.811. The van der Waals surface area contributed by atoms with Crippen molar-refractivity contribution < 1.29 is 4.42 Å². The summed E-state index contributed by atoms with van der Waals surface area (Å²) in [5.74, 6) is 6.02. The van der Waals surface area contributed by atoms with Crippen LogP contribution < -0.4 is 5.32 Å². The molecule has 0 saturated heterocycles. The molecule has 1 heterocycles. The molecule has 2 bridgehead atoms. The number of rotatable bonds is 5. The second-order valence-electron chi connectivity index (χ2n) is 6.22. The number of hydrogen-bond donors (Lipinski definition) is 1. The first-order chi connectivity index (χ1) is 8.88. The summed E-state index contributed by atoms with van der Waals surface area (Å²) in [7, 11) is 0. The van der Waals surface area contributed by atoms with Gasteiger partial charge < -0.3 is 9.73 Å². The van der Waals surface area contributed by atoms with Gasteiger partial charge in [-0.2, -0.15) is 0 Å². The molecule has 4 unspecified atom stereocenters. The van der Waals surface area contributed by atoms with E-state index in [0.717, 1.165) is 55.0 Å². The van der Waals surface area contributed by atoms with Crippen LogP contribution in [0.1, 0.15) is 50.3 Å². The Morgan fingerprint density at radius 3 is 2.72 bits per heavy atom. The molecule has 18 heavy (non-hydrogen) atoms. The first-order valence-corrected chi connectivity index (χ1v) is 7.41. The van der Waals surface area contributed by atoms with Crippen LogP contribution in [0.15, 0.2) is 4.42 Å². The molecule has 0 spiro atoms. The predicted octanol–water partition coefficient (Wildman–Crippen LogP) is 2.33. The van der Waals surface area contributed by atoms with Gasteiger partial charge in [-0.25, -0.2) is 0 Å². The molecule has 1 aromatic heterocycles. The number of aromatic nitrogens is 2. The highest BCUT2D eigenvalue weighted by molar-refractivity contribution is 5.22. The minimum atomic E-state index is 0.615. The average Bonchev–Trinajstić information content (AvgIpc) is 2.77. The van der Waals surface area contributed by atoms with E-state index in [0.29, 0.717) is 5.92 Å². The maximum atomic E-state index is 5.83. The van der Waals surface area contributed by atoms with Gasteiger partial charge in [0.1, 0.15) is 0 Å². The maximum absolute atomic E-state index is 5.83. The lowest BCUT2D eigenvalue weighted by molar-refractivity contribution is 0.401. The summed E-state index contributed by atoms with van der Waals surface area (Å²) in [4.78, 5) is 0. The van der Waals surface area contributed by atoms with Crippen molar-refractivity contribution >= 4 is 0 Å². The topological polar surface area (TPSA) is 51.0 Å². The summed E-state index contributed by atoms with van der Waals surface area (Å²) in [6.07, 6.45) is 5.50. The summed E-state index contributed by atoms with van der Waals surface area (Å²) in [6.45, 7) is 3.89. The van der Waals surface area contributed by atoms with E-state index in [9.17, 15) is 0 Å². The normalized spacial score (nSPS) is 40.2. The first kappa shape index (κ1) is 11.0. The number of nitrogens with zero attached hydrogens (tertiary/aromatic N) is 2. The van der Waals surface area contributed by atoms with E-state index in [1.165, 1.54) is 19.3 Å². The van der Waals surface area contributed by atoms with E-state index in [-0.39, 0.29) is 0 Å². The third-order valence-corrected chi connectivity index (χ3v) is 5.21. The molecule has 3 aliphatic rings. The summed E-state index contributed by atoms with van der Waals surface area (Å²) in [5, 5.41) is 11.8. The fourth-order valence-electron chi connectivity index (χ4n) is 4.50. The van der Waals surface area contributed by atoms with Gasteiger partial charge in [-0.1, -0.05) is 6.92 Å². The number of hydrogen-bond acceptors (Lipinski definition) is 4. The van der Waals surface area contributed by atoms with Crippen molar-refractivity contribution in [1.29, 1.82) is 0 Å². The summed E-state index contributed by atoms with van der Waals surface area (Å²) < 4.78 is 5.83. The van der Waals surface area contributed by atoms with E-state index in [1.807, 2.05) is 0 Å². The van der Waals surface area contributed by atoms with Gasteiger partial charge in [0.05, 0.1) is 6.54 Å². The molecule has 0 radical (unpaired) electrons. The molecule has 1 aromatic rings. The molecule has 4 atom stereocenters. The van der Waals surface area contributed by atoms with Gasteiger partial charge in [-0.15, -0.1) is 10.2 Å². The Hall–Kier alpha value is -0.900. The summed E-state index contributed by atoms with van der Waals surface area (Å²) in [6, 6.07) is 0. The summed E-state index contributed by atoms with van der Waals surface area (Å²) >= 11 is 0. The Morgan fingerprint density at radius 2 is 2.00 bits per heavy atom. The van der Waals surface area contributed by atoms with Crippen molar-refractivity contribution in [1.82, 2.24) is 15.5 Å². The monoisotopic (exact) mass is 247 g/mol. The molecule has 1 N–H and O–H groups in total. The van der Waals surface area contributed by atoms with Gasteiger partial charge in [0.25, 0.3) is 0 Å². The van der Waals surface area contributed by atoms with Crippen molar-refractivity contribution in [3.8, 4) is 0 Å². The molecule has 3 aliphatic carbocycles. The third kappa shape index (κ3) is 1.54. The molecular formula is C14H21N3O. The van der Waals surface area contributed by atoms with E-state index >= 15 is 0 Å². The van der Waals surface area contributed by atoms with Crippen LogP contribution in [0.4, 0.5) is 0 Å². The highest BCUT2D eigenvalue weighted by Gasteiger charge is 2.67. The summed E-state index contributed by atoms with van der Waals surface area (Å²) in [5.41, 5.74) is 0. The Labute approximate surface area is 108 Å². The lowest BCUT2D eigenvalue weighted by Crippen LogP contribution is -2.13. The van der Waals surface area contributed by atoms with E-state index in [1.54, 1.807) is 0 Å². The molecule has 4 rings (SSSR count). The van der Waals surface area contributed by atoms with Crippen molar-refractivity contribution in [3.63, 3.8) is 0 Å². The minimum Gasteiger partial charge on any atom is -0.424 e. The number of fused-ring (bicyclic) bond motifs is 5. The fraction of sp³-hybridized carbons (Fsp3) is 0.857. The van der Waals surface area contributed by atoms with Crippen LogP contribution >= 0.6 is 0 Å². The second kappa shape index (κ2) is 4.05. The van der Waals surface area contributed by atoms with Crippen LogP contribution in [-0.2, 0) is 6.54 Å². The zero-order valence-corrected chi connectivity index (χ0v) is 10.9. The standard InChI is InChI=1S/C14H21N3O/c1-2-5-15-7-10-16-17-14(18-10)13-11-8-3-4-9(6-8)12(11)13/h8-9,11-13,15H,2-7H2,1H3. The van der Waals surface area contributed by atoms with Crippen LogP contribution in [-0.4, -0.2) is 16.7 Å². The smallest absolute Gasteiger partial charge is 0.230 e. The predicted molar refractivity (Wildman–Crippen MR) is 66.8 cm³/mol. The average molecular weight is 247 g/mol.